The van der Waals surface area contributed by atoms with Crippen LogP contribution in [0.4, 0.5) is 5.95 Å². The van der Waals surface area contributed by atoms with Crippen LogP contribution in [0.3, 0.4) is 0 Å². The molecule has 0 saturated carbocycles. The highest BCUT2D eigenvalue weighted by Gasteiger charge is 2.20. The predicted molar refractivity (Wildman–Crippen MR) is 81.6 cm³/mol. The van der Waals surface area contributed by atoms with Crippen molar-refractivity contribution >= 4 is 17.5 Å². The molecule has 0 spiro atoms. The number of H-pyrrole nitrogens is 1. The van der Waals surface area contributed by atoms with Gasteiger partial charge in [0.2, 0.25) is 5.95 Å². The summed E-state index contributed by atoms with van der Waals surface area (Å²) < 4.78 is 5.63. The fourth-order valence-electron chi connectivity index (χ4n) is 2.39. The average molecular weight is 308 g/mol. The Labute approximate surface area is 128 Å². The highest BCUT2D eigenvalue weighted by Crippen LogP contribution is 2.19. The number of rotatable bonds is 4. The topological polar surface area (TPSA) is 80.1 Å². The minimum Gasteiger partial charge on any atom is -0.486 e. The van der Waals surface area contributed by atoms with Crippen LogP contribution in [0.25, 0.3) is 0 Å². The SMILES string of the molecule is NC1CCCN(c2n[nH]c(COc3cccc(Cl)c3)n2)C1. The highest BCUT2D eigenvalue weighted by atomic mass is 35.5. The average Bonchev–Trinajstić information content (AvgIpc) is 2.94. The molecule has 21 heavy (non-hydrogen) atoms. The number of aromatic amines is 1. The number of hydrogen-bond acceptors (Lipinski definition) is 5. The van der Waals surface area contributed by atoms with Gasteiger partial charge in [-0.05, 0) is 31.0 Å². The summed E-state index contributed by atoms with van der Waals surface area (Å²) in [6, 6.07) is 7.47. The third-order valence-electron chi connectivity index (χ3n) is 3.43. The number of nitrogens with zero attached hydrogens (tertiary/aromatic N) is 3. The molecule has 2 heterocycles. The standard InChI is InChI=1S/C14H18ClN5O/c15-10-3-1-5-12(7-10)21-9-13-17-14(19-18-13)20-6-2-4-11(16)8-20/h1,3,5,7,11H,2,4,6,8-9,16H2,(H,17,18,19). The van der Waals surface area contributed by atoms with Gasteiger partial charge in [-0.15, -0.1) is 5.10 Å². The van der Waals surface area contributed by atoms with Gasteiger partial charge < -0.3 is 15.4 Å². The van der Waals surface area contributed by atoms with Crippen molar-refractivity contribution < 1.29 is 4.74 Å². The molecule has 1 saturated heterocycles. The minimum absolute atomic E-state index is 0.198. The number of aromatic nitrogens is 3. The number of benzene rings is 1. The molecular formula is C14H18ClN5O. The van der Waals surface area contributed by atoms with E-state index in [1.165, 1.54) is 0 Å². The van der Waals surface area contributed by atoms with Crippen molar-refractivity contribution in [1.82, 2.24) is 15.2 Å². The van der Waals surface area contributed by atoms with Gasteiger partial charge in [-0.2, -0.15) is 4.98 Å². The number of halogens is 1. The zero-order chi connectivity index (χ0) is 14.7. The summed E-state index contributed by atoms with van der Waals surface area (Å²) in [6.07, 6.45) is 2.13. The van der Waals surface area contributed by atoms with E-state index in [1.807, 2.05) is 12.1 Å². The maximum Gasteiger partial charge on any atom is 0.244 e. The van der Waals surface area contributed by atoms with Crippen LogP contribution in [0.15, 0.2) is 24.3 Å². The zero-order valence-electron chi connectivity index (χ0n) is 11.6. The Morgan fingerprint density at radius 3 is 3.19 bits per heavy atom. The molecule has 1 aliphatic rings. The molecule has 1 aliphatic heterocycles. The second-order valence-corrected chi connectivity index (χ2v) is 5.61. The van der Waals surface area contributed by atoms with Gasteiger partial charge in [-0.1, -0.05) is 17.7 Å². The smallest absolute Gasteiger partial charge is 0.244 e. The number of anilines is 1. The third-order valence-corrected chi connectivity index (χ3v) is 3.67. The van der Waals surface area contributed by atoms with E-state index in [1.54, 1.807) is 12.1 Å². The normalized spacial score (nSPS) is 18.8. The van der Waals surface area contributed by atoms with Gasteiger partial charge in [0.05, 0.1) is 0 Å². The molecular weight excluding hydrogens is 290 g/mol. The highest BCUT2D eigenvalue weighted by molar-refractivity contribution is 6.30. The van der Waals surface area contributed by atoms with Crippen molar-refractivity contribution in [1.29, 1.82) is 0 Å². The lowest BCUT2D eigenvalue weighted by Gasteiger charge is -2.29. The Morgan fingerprint density at radius 2 is 2.38 bits per heavy atom. The molecule has 0 aliphatic carbocycles. The zero-order valence-corrected chi connectivity index (χ0v) is 12.4. The fourth-order valence-corrected chi connectivity index (χ4v) is 2.57. The summed E-state index contributed by atoms with van der Waals surface area (Å²) >= 11 is 5.91. The van der Waals surface area contributed by atoms with Gasteiger partial charge in [0.25, 0.3) is 0 Å². The first-order valence-electron chi connectivity index (χ1n) is 7.01. The molecule has 112 valence electrons. The van der Waals surface area contributed by atoms with Gasteiger partial charge in [0.1, 0.15) is 12.4 Å². The Morgan fingerprint density at radius 1 is 1.48 bits per heavy atom. The Bertz CT molecular complexity index is 603. The van der Waals surface area contributed by atoms with Crippen LogP contribution < -0.4 is 15.4 Å². The predicted octanol–water partition coefficient (Wildman–Crippen LogP) is 1.96. The molecule has 0 bridgehead atoms. The fraction of sp³-hybridized carbons (Fsp3) is 0.429. The summed E-state index contributed by atoms with van der Waals surface area (Å²) in [5.74, 6) is 2.08. The van der Waals surface area contributed by atoms with Crippen molar-refractivity contribution in [2.75, 3.05) is 18.0 Å². The van der Waals surface area contributed by atoms with Crippen molar-refractivity contribution in [3.63, 3.8) is 0 Å². The molecule has 0 amide bonds. The summed E-state index contributed by atoms with van der Waals surface area (Å²) in [4.78, 5) is 6.56. The van der Waals surface area contributed by atoms with E-state index in [4.69, 9.17) is 22.1 Å². The van der Waals surface area contributed by atoms with E-state index in [-0.39, 0.29) is 6.04 Å². The van der Waals surface area contributed by atoms with Crippen LogP contribution in [-0.4, -0.2) is 34.3 Å². The van der Waals surface area contributed by atoms with Gasteiger partial charge in [0, 0.05) is 24.2 Å². The molecule has 1 fully saturated rings. The van der Waals surface area contributed by atoms with Gasteiger partial charge in [-0.3, -0.25) is 5.10 Å². The Hall–Kier alpha value is -1.79. The van der Waals surface area contributed by atoms with Crippen LogP contribution in [0, 0.1) is 0 Å². The third kappa shape index (κ3) is 3.65. The van der Waals surface area contributed by atoms with Crippen molar-refractivity contribution in [2.24, 2.45) is 5.73 Å². The van der Waals surface area contributed by atoms with Crippen LogP contribution in [-0.2, 0) is 6.61 Å². The van der Waals surface area contributed by atoms with Crippen LogP contribution in [0.5, 0.6) is 5.75 Å². The van der Waals surface area contributed by atoms with E-state index in [0.29, 0.717) is 29.2 Å². The van der Waals surface area contributed by atoms with Crippen molar-refractivity contribution in [3.8, 4) is 5.75 Å². The minimum atomic E-state index is 0.198. The Kier molecular flexibility index (Phi) is 4.26. The van der Waals surface area contributed by atoms with Crippen LogP contribution in [0.1, 0.15) is 18.7 Å². The molecule has 2 aromatic rings. The number of piperidine rings is 1. The molecule has 3 rings (SSSR count). The van der Waals surface area contributed by atoms with E-state index in [0.717, 1.165) is 25.9 Å². The van der Waals surface area contributed by atoms with Crippen LogP contribution >= 0.6 is 11.6 Å². The first-order chi connectivity index (χ1) is 10.2. The molecule has 1 unspecified atom stereocenters. The summed E-state index contributed by atoms with van der Waals surface area (Å²) in [5.41, 5.74) is 5.97. The van der Waals surface area contributed by atoms with Gasteiger partial charge >= 0.3 is 0 Å². The van der Waals surface area contributed by atoms with E-state index in [2.05, 4.69) is 20.1 Å². The number of nitrogens with one attached hydrogen (secondary N) is 1. The molecule has 1 atom stereocenters. The van der Waals surface area contributed by atoms with Gasteiger partial charge in [0.15, 0.2) is 5.82 Å². The second-order valence-electron chi connectivity index (χ2n) is 5.18. The van der Waals surface area contributed by atoms with Crippen LogP contribution in [0.2, 0.25) is 5.02 Å². The first-order valence-corrected chi connectivity index (χ1v) is 7.38. The molecule has 3 N–H and O–H groups in total. The first kappa shape index (κ1) is 14.2. The lowest BCUT2D eigenvalue weighted by Crippen LogP contribution is -2.43. The van der Waals surface area contributed by atoms with Crippen molar-refractivity contribution in [3.05, 3.63) is 35.1 Å². The van der Waals surface area contributed by atoms with E-state index < -0.39 is 0 Å². The lowest BCUT2D eigenvalue weighted by atomic mass is 10.1. The summed E-state index contributed by atoms with van der Waals surface area (Å²) in [5, 5.41) is 7.78. The monoisotopic (exact) mass is 307 g/mol. The number of hydrogen-bond donors (Lipinski definition) is 2. The summed E-state index contributed by atoms with van der Waals surface area (Å²) in [7, 11) is 0. The van der Waals surface area contributed by atoms with E-state index >= 15 is 0 Å². The maximum absolute atomic E-state index is 5.97. The van der Waals surface area contributed by atoms with Gasteiger partial charge in [-0.25, -0.2) is 0 Å². The van der Waals surface area contributed by atoms with E-state index in [9.17, 15) is 0 Å². The molecule has 1 aromatic heterocycles. The summed E-state index contributed by atoms with van der Waals surface area (Å²) in [6.45, 7) is 2.07. The maximum atomic E-state index is 5.97. The molecule has 0 radical (unpaired) electrons. The van der Waals surface area contributed by atoms with Crippen molar-refractivity contribution in [2.45, 2.75) is 25.5 Å². The number of ether oxygens (including phenoxy) is 1. The Balaban J connectivity index is 1.60. The molecule has 6 nitrogen and oxygen atoms in total. The lowest BCUT2D eigenvalue weighted by molar-refractivity contribution is 0.296. The quantitative estimate of drug-likeness (QED) is 0.902. The largest absolute Gasteiger partial charge is 0.486 e. The second kappa shape index (κ2) is 6.32. The number of nitrogens with two attached hydrogens (primary N) is 1. The molecule has 7 heteroatoms. The molecule has 1 aromatic carbocycles.